The number of nitrogens with zero attached hydrogens (tertiary/aromatic N) is 2. The third kappa shape index (κ3) is 0.811. The van der Waals surface area contributed by atoms with E-state index in [1.807, 2.05) is 0 Å². The molecule has 4 nitrogen and oxygen atoms in total. The molecule has 0 aliphatic carbocycles. The van der Waals surface area contributed by atoms with E-state index in [1.54, 1.807) is 7.05 Å². The third-order valence-corrected chi connectivity index (χ3v) is 2.47. The third-order valence-electron chi connectivity index (χ3n) is 1.46. The first kappa shape index (κ1) is 7.53. The Bertz CT molecular complexity index is 174. The van der Waals surface area contributed by atoms with Gasteiger partial charge in [0.25, 0.3) is 5.91 Å². The van der Waals surface area contributed by atoms with Crippen molar-refractivity contribution in [2.75, 3.05) is 14.1 Å². The second kappa shape index (κ2) is 2.23. The summed E-state index contributed by atoms with van der Waals surface area (Å²) in [6.07, 6.45) is 0. The van der Waals surface area contributed by atoms with E-state index >= 15 is 0 Å². The maximum atomic E-state index is 10.9. The molecule has 0 radical (unpaired) electrons. The number of carbonyl (C=O) groups is 2. The lowest BCUT2D eigenvalue weighted by molar-refractivity contribution is -0.125. The van der Waals surface area contributed by atoms with Gasteiger partial charge in [0.15, 0.2) is 4.95 Å². The molecule has 1 fully saturated rings. The van der Waals surface area contributed by atoms with E-state index < -0.39 is 4.95 Å². The van der Waals surface area contributed by atoms with Crippen molar-refractivity contribution in [3.63, 3.8) is 0 Å². The Morgan fingerprint density at radius 1 is 1.40 bits per heavy atom. The number of rotatable bonds is 0. The molecule has 1 rings (SSSR count). The van der Waals surface area contributed by atoms with E-state index in [2.05, 4.69) is 15.9 Å². The second-order valence-electron chi connectivity index (χ2n) is 2.13. The van der Waals surface area contributed by atoms with Crippen molar-refractivity contribution < 1.29 is 9.59 Å². The number of carbonyl (C=O) groups excluding carboxylic acids is 2. The molecule has 56 valence electrons. The van der Waals surface area contributed by atoms with Crippen LogP contribution in [0.3, 0.4) is 0 Å². The molecule has 3 amide bonds. The largest absolute Gasteiger partial charge is 0.327 e. The maximum absolute atomic E-state index is 10.9. The fourth-order valence-corrected chi connectivity index (χ4v) is 1.24. The average molecular weight is 207 g/mol. The molecule has 1 heterocycles. The van der Waals surface area contributed by atoms with E-state index in [9.17, 15) is 9.59 Å². The molecular weight excluding hydrogens is 200 g/mol. The summed E-state index contributed by atoms with van der Waals surface area (Å²) >= 11 is 3.06. The molecule has 5 heteroatoms. The minimum Gasteiger partial charge on any atom is -0.306 e. The Morgan fingerprint density at radius 2 is 1.90 bits per heavy atom. The summed E-state index contributed by atoms with van der Waals surface area (Å²) in [5.74, 6) is -0.215. The Labute approximate surface area is 66.9 Å². The molecule has 10 heavy (non-hydrogen) atoms. The van der Waals surface area contributed by atoms with Gasteiger partial charge in [-0.05, 0) is 0 Å². The van der Waals surface area contributed by atoms with Crippen molar-refractivity contribution >= 4 is 27.9 Å². The topological polar surface area (TPSA) is 40.6 Å². The fraction of sp³-hybridized carbons (Fsp3) is 0.600. The van der Waals surface area contributed by atoms with Gasteiger partial charge in [-0.15, -0.1) is 0 Å². The number of hydrogen-bond acceptors (Lipinski definition) is 2. The molecule has 0 aromatic heterocycles. The Kier molecular flexibility index (Phi) is 1.68. The number of hydrogen-bond donors (Lipinski definition) is 0. The van der Waals surface area contributed by atoms with Crippen LogP contribution in [0.15, 0.2) is 0 Å². The van der Waals surface area contributed by atoms with Crippen LogP contribution < -0.4 is 0 Å². The van der Waals surface area contributed by atoms with Crippen LogP contribution in [-0.4, -0.2) is 40.8 Å². The first-order valence-corrected chi connectivity index (χ1v) is 3.65. The number of urea groups is 1. The highest BCUT2D eigenvalue weighted by Gasteiger charge is 2.38. The molecule has 0 saturated carbocycles. The summed E-state index contributed by atoms with van der Waals surface area (Å²) in [5.41, 5.74) is 0. The van der Waals surface area contributed by atoms with Gasteiger partial charge in [0.1, 0.15) is 0 Å². The lowest BCUT2D eigenvalue weighted by atomic mass is 10.6. The number of alkyl halides is 1. The summed E-state index contributed by atoms with van der Waals surface area (Å²) in [6.45, 7) is 0. The van der Waals surface area contributed by atoms with Gasteiger partial charge >= 0.3 is 6.03 Å². The molecule has 1 aliphatic heterocycles. The fourth-order valence-electron chi connectivity index (χ4n) is 0.753. The van der Waals surface area contributed by atoms with E-state index in [-0.39, 0.29) is 11.9 Å². The molecular formula is C5H7BrN2O2. The van der Waals surface area contributed by atoms with Crippen molar-refractivity contribution in [2.24, 2.45) is 0 Å². The van der Waals surface area contributed by atoms with E-state index in [0.717, 1.165) is 4.90 Å². The van der Waals surface area contributed by atoms with Crippen molar-refractivity contribution in [3.8, 4) is 0 Å². The molecule has 1 saturated heterocycles. The van der Waals surface area contributed by atoms with Crippen LogP contribution in [0.25, 0.3) is 0 Å². The van der Waals surface area contributed by atoms with Crippen molar-refractivity contribution in [1.82, 2.24) is 9.80 Å². The predicted molar refractivity (Wildman–Crippen MR) is 38.6 cm³/mol. The number of halogens is 1. The SMILES string of the molecule is CN1C(=O)C(Br)N(C)C1=O. The number of likely N-dealkylation sites (N-methyl/N-ethyl adjacent to an activating group) is 2. The lowest BCUT2D eigenvalue weighted by Gasteiger charge is -2.08. The van der Waals surface area contributed by atoms with Crippen molar-refractivity contribution in [1.29, 1.82) is 0 Å². The van der Waals surface area contributed by atoms with Crippen molar-refractivity contribution in [3.05, 3.63) is 0 Å². The summed E-state index contributed by atoms with van der Waals surface area (Å²) in [6, 6.07) is -0.271. The summed E-state index contributed by atoms with van der Waals surface area (Å²) in [4.78, 5) is 23.8. The first-order valence-electron chi connectivity index (χ1n) is 2.74. The lowest BCUT2D eigenvalue weighted by Crippen LogP contribution is -2.27. The number of amides is 3. The summed E-state index contributed by atoms with van der Waals surface area (Å²) in [5, 5.41) is 0. The standard InChI is InChI=1S/C5H7BrN2O2/c1-7-3(6)4(9)8(2)5(7)10/h3H,1-2H3. The van der Waals surface area contributed by atoms with Gasteiger partial charge < -0.3 is 4.90 Å². The molecule has 1 aliphatic rings. The summed E-state index contributed by atoms with van der Waals surface area (Å²) in [7, 11) is 3.03. The van der Waals surface area contributed by atoms with Gasteiger partial charge in [-0.3, -0.25) is 9.69 Å². The average Bonchev–Trinajstić information content (AvgIpc) is 2.07. The van der Waals surface area contributed by atoms with Gasteiger partial charge in [-0.1, -0.05) is 15.9 Å². The molecule has 0 aromatic rings. The zero-order valence-electron chi connectivity index (χ0n) is 5.67. The van der Waals surface area contributed by atoms with Gasteiger partial charge in [0.2, 0.25) is 0 Å². The van der Waals surface area contributed by atoms with Crippen LogP contribution in [0, 0.1) is 0 Å². The maximum Gasteiger partial charge on any atom is 0.327 e. The summed E-state index contributed by atoms with van der Waals surface area (Å²) < 4.78 is 0. The Morgan fingerprint density at radius 3 is 2.00 bits per heavy atom. The molecule has 0 aromatic carbocycles. The van der Waals surface area contributed by atoms with E-state index in [0.29, 0.717) is 0 Å². The minimum atomic E-state index is -0.481. The van der Waals surface area contributed by atoms with Crippen LogP contribution in [0.2, 0.25) is 0 Å². The highest BCUT2D eigenvalue weighted by atomic mass is 79.9. The van der Waals surface area contributed by atoms with Gasteiger partial charge in [0.05, 0.1) is 0 Å². The second-order valence-corrected chi connectivity index (χ2v) is 2.99. The van der Waals surface area contributed by atoms with E-state index in [1.165, 1.54) is 11.9 Å². The van der Waals surface area contributed by atoms with Crippen LogP contribution in [0.1, 0.15) is 0 Å². The zero-order valence-corrected chi connectivity index (χ0v) is 7.25. The number of imide groups is 1. The van der Waals surface area contributed by atoms with Crippen molar-refractivity contribution in [2.45, 2.75) is 4.95 Å². The molecule has 0 bridgehead atoms. The molecule has 1 atom stereocenters. The van der Waals surface area contributed by atoms with Crippen LogP contribution in [0.5, 0.6) is 0 Å². The minimum absolute atomic E-state index is 0.215. The van der Waals surface area contributed by atoms with Gasteiger partial charge in [-0.2, -0.15) is 0 Å². The zero-order chi connectivity index (χ0) is 7.89. The predicted octanol–water partition coefficient (Wildman–Crippen LogP) is 0.231. The Balaban J connectivity index is 2.89. The van der Waals surface area contributed by atoms with Crippen LogP contribution in [-0.2, 0) is 4.79 Å². The molecule has 1 unspecified atom stereocenters. The Hall–Kier alpha value is -0.580. The monoisotopic (exact) mass is 206 g/mol. The highest BCUT2D eigenvalue weighted by Crippen LogP contribution is 2.17. The van der Waals surface area contributed by atoms with Gasteiger partial charge in [-0.25, -0.2) is 4.79 Å². The van der Waals surface area contributed by atoms with Gasteiger partial charge in [0, 0.05) is 14.1 Å². The van der Waals surface area contributed by atoms with Crippen LogP contribution in [0.4, 0.5) is 4.79 Å². The smallest absolute Gasteiger partial charge is 0.306 e. The van der Waals surface area contributed by atoms with E-state index in [4.69, 9.17) is 0 Å². The van der Waals surface area contributed by atoms with Crippen LogP contribution >= 0.6 is 15.9 Å². The normalized spacial score (nSPS) is 26.5. The first-order chi connectivity index (χ1) is 4.55. The highest BCUT2D eigenvalue weighted by molar-refractivity contribution is 9.10. The molecule has 0 N–H and O–H groups in total. The molecule has 0 spiro atoms. The quantitative estimate of drug-likeness (QED) is 0.324.